The molecule has 1 aliphatic heterocycles. The lowest BCUT2D eigenvalue weighted by molar-refractivity contribution is -0.299. The molecule has 1 aromatic rings. The van der Waals surface area contributed by atoms with E-state index in [1.807, 2.05) is 0 Å². The van der Waals surface area contributed by atoms with Crippen LogP contribution in [0.5, 0.6) is 0 Å². The Kier molecular flexibility index (Phi) is 6.05. The van der Waals surface area contributed by atoms with Crippen LogP contribution in [0.15, 0.2) is 29.2 Å². The van der Waals surface area contributed by atoms with Crippen LogP contribution in [0, 0.1) is 17.2 Å². The second-order valence-electron chi connectivity index (χ2n) is 6.10. The summed E-state index contributed by atoms with van der Waals surface area (Å²) in [5.74, 6) is -4.06. The number of carboxylic acid groups (broad SMARTS) is 1. The third kappa shape index (κ3) is 4.73. The van der Waals surface area contributed by atoms with Gasteiger partial charge in [-0.1, -0.05) is 0 Å². The number of hydrogen-bond donors (Lipinski definition) is 1. The van der Waals surface area contributed by atoms with Gasteiger partial charge in [0, 0.05) is 19.6 Å². The zero-order chi connectivity index (χ0) is 22.2. The molecule has 2 rings (SSSR count). The zero-order valence-corrected chi connectivity index (χ0v) is 15.1. The molecule has 1 aromatic carbocycles. The normalized spacial score (nSPS) is 19.2. The lowest BCUT2D eigenvalue weighted by Gasteiger charge is -2.43. The first-order valence-electron chi connectivity index (χ1n) is 7.83. The van der Waals surface area contributed by atoms with Gasteiger partial charge in [0.25, 0.3) is 0 Å². The number of alkyl halides is 6. The fraction of sp³-hybridized carbons (Fsp3) is 0.467. The number of rotatable bonds is 3. The third-order valence-electron chi connectivity index (χ3n) is 4.34. The van der Waals surface area contributed by atoms with Crippen molar-refractivity contribution < 1.29 is 44.7 Å². The molecule has 0 radical (unpaired) electrons. The van der Waals surface area contributed by atoms with E-state index in [0.717, 1.165) is 24.3 Å². The van der Waals surface area contributed by atoms with E-state index in [9.17, 15) is 39.6 Å². The molecule has 1 atom stereocenters. The van der Waals surface area contributed by atoms with Gasteiger partial charge in [-0.15, -0.1) is 0 Å². The number of sulfonamides is 1. The van der Waals surface area contributed by atoms with Crippen molar-refractivity contribution in [1.82, 2.24) is 9.21 Å². The largest absolute Gasteiger partial charge is 0.465 e. The van der Waals surface area contributed by atoms with E-state index >= 15 is 0 Å². The summed E-state index contributed by atoms with van der Waals surface area (Å²) in [4.78, 5) is 10.7. The number of piperazine rings is 1. The molecule has 0 bridgehead atoms. The second-order valence-corrected chi connectivity index (χ2v) is 8.04. The van der Waals surface area contributed by atoms with Crippen LogP contribution < -0.4 is 0 Å². The van der Waals surface area contributed by atoms with Crippen molar-refractivity contribution in [1.29, 1.82) is 5.26 Å². The summed E-state index contributed by atoms with van der Waals surface area (Å²) < 4.78 is 104. The third-order valence-corrected chi connectivity index (χ3v) is 6.22. The maximum Gasteiger partial charge on any atom is 0.407 e. The van der Waals surface area contributed by atoms with Crippen molar-refractivity contribution in [2.45, 2.75) is 23.3 Å². The van der Waals surface area contributed by atoms with Crippen molar-refractivity contribution in [3.05, 3.63) is 29.8 Å². The van der Waals surface area contributed by atoms with Gasteiger partial charge in [0.2, 0.25) is 10.0 Å². The van der Waals surface area contributed by atoms with Crippen LogP contribution in [-0.2, 0) is 10.0 Å². The molecule has 1 fully saturated rings. The first kappa shape index (κ1) is 22.8. The smallest absolute Gasteiger partial charge is 0.407 e. The van der Waals surface area contributed by atoms with Crippen LogP contribution >= 0.6 is 0 Å². The molecule has 14 heteroatoms. The standard InChI is InChI=1S/C15H13F6N3O4S/c16-14(17,18)12(15(19,20)21)11-8-23(5-6-24(11)13(25)26)29(27,28)10-3-1-9(7-22)2-4-10/h1-4,11-12H,5-6,8H2,(H,25,26). The van der Waals surface area contributed by atoms with Crippen LogP contribution in [-0.4, -0.2) is 66.9 Å². The molecule has 0 saturated carbocycles. The summed E-state index contributed by atoms with van der Waals surface area (Å²) in [6.45, 7) is -2.84. The molecule has 160 valence electrons. The minimum absolute atomic E-state index is 0.0452. The summed E-state index contributed by atoms with van der Waals surface area (Å²) in [7, 11) is -4.52. The lowest BCUT2D eigenvalue weighted by Crippen LogP contribution is -2.63. The zero-order valence-electron chi connectivity index (χ0n) is 14.3. The highest BCUT2D eigenvalue weighted by molar-refractivity contribution is 7.89. The molecular weight excluding hydrogens is 432 g/mol. The highest BCUT2D eigenvalue weighted by Crippen LogP contribution is 2.44. The molecule has 29 heavy (non-hydrogen) atoms. The van der Waals surface area contributed by atoms with Gasteiger partial charge in [0.1, 0.15) is 0 Å². The fourth-order valence-corrected chi connectivity index (χ4v) is 4.45. The van der Waals surface area contributed by atoms with Crippen molar-refractivity contribution in [2.75, 3.05) is 19.6 Å². The van der Waals surface area contributed by atoms with Gasteiger partial charge < -0.3 is 10.0 Å². The first-order valence-corrected chi connectivity index (χ1v) is 9.27. The van der Waals surface area contributed by atoms with Crippen molar-refractivity contribution in [2.24, 2.45) is 5.92 Å². The van der Waals surface area contributed by atoms with Crippen LogP contribution in [0.2, 0.25) is 0 Å². The topological polar surface area (TPSA) is 102 Å². The van der Waals surface area contributed by atoms with E-state index in [0.29, 0.717) is 4.31 Å². The second kappa shape index (κ2) is 7.71. The van der Waals surface area contributed by atoms with E-state index in [4.69, 9.17) is 10.4 Å². The maximum atomic E-state index is 13.1. The highest BCUT2D eigenvalue weighted by Gasteiger charge is 2.63. The minimum Gasteiger partial charge on any atom is -0.465 e. The summed E-state index contributed by atoms with van der Waals surface area (Å²) in [5, 5.41) is 17.8. The monoisotopic (exact) mass is 445 g/mol. The SMILES string of the molecule is N#Cc1ccc(S(=O)(=O)N2CCN(C(=O)O)C(C(C(F)(F)F)C(F)(F)F)C2)cc1. The van der Waals surface area contributed by atoms with E-state index in [-0.39, 0.29) is 10.5 Å². The maximum absolute atomic E-state index is 13.1. The van der Waals surface area contributed by atoms with E-state index in [1.165, 1.54) is 0 Å². The molecule has 1 saturated heterocycles. The predicted octanol–water partition coefficient (Wildman–Crippen LogP) is 2.65. The molecule has 1 heterocycles. The molecule has 1 aliphatic rings. The van der Waals surface area contributed by atoms with Crippen molar-refractivity contribution in [3.8, 4) is 6.07 Å². The van der Waals surface area contributed by atoms with Gasteiger partial charge in [0.05, 0.1) is 22.6 Å². The van der Waals surface area contributed by atoms with Gasteiger partial charge in [-0.05, 0) is 24.3 Å². The minimum atomic E-state index is -5.85. The van der Waals surface area contributed by atoms with Gasteiger partial charge in [-0.2, -0.15) is 35.9 Å². The van der Waals surface area contributed by atoms with Crippen LogP contribution in [0.3, 0.4) is 0 Å². The summed E-state index contributed by atoms with van der Waals surface area (Å²) in [5.41, 5.74) is 0.0896. The molecule has 1 amide bonds. The molecule has 1 N–H and O–H groups in total. The van der Waals surface area contributed by atoms with E-state index in [1.54, 1.807) is 6.07 Å². The summed E-state index contributed by atoms with van der Waals surface area (Å²) >= 11 is 0. The Hall–Kier alpha value is -2.53. The Morgan fingerprint density at radius 2 is 1.62 bits per heavy atom. The Morgan fingerprint density at radius 1 is 1.10 bits per heavy atom. The van der Waals surface area contributed by atoms with Gasteiger partial charge in [-0.25, -0.2) is 13.2 Å². The highest BCUT2D eigenvalue weighted by atomic mass is 32.2. The van der Waals surface area contributed by atoms with Crippen molar-refractivity contribution in [3.63, 3.8) is 0 Å². The van der Waals surface area contributed by atoms with Crippen molar-refractivity contribution >= 4 is 16.1 Å². The Bertz CT molecular complexity index is 894. The fourth-order valence-electron chi connectivity index (χ4n) is 3.00. The number of halogens is 6. The summed E-state index contributed by atoms with van der Waals surface area (Å²) in [6, 6.07) is 3.22. The molecule has 0 aliphatic carbocycles. The quantitative estimate of drug-likeness (QED) is 0.721. The Balaban J connectivity index is 2.45. The average molecular weight is 445 g/mol. The Labute approximate surface area is 160 Å². The molecule has 7 nitrogen and oxygen atoms in total. The number of nitrogens with zero attached hydrogens (tertiary/aromatic N) is 3. The Morgan fingerprint density at radius 3 is 2.03 bits per heavy atom. The molecular formula is C15H13F6N3O4S. The number of amides is 1. The van der Waals surface area contributed by atoms with E-state index in [2.05, 4.69) is 0 Å². The molecule has 0 spiro atoms. The van der Waals surface area contributed by atoms with Crippen LogP contribution in [0.1, 0.15) is 5.56 Å². The van der Waals surface area contributed by atoms with E-state index < -0.39 is 65.0 Å². The first-order chi connectivity index (χ1) is 13.2. The number of benzene rings is 1. The molecule has 1 unspecified atom stereocenters. The number of nitriles is 1. The number of hydrogen-bond acceptors (Lipinski definition) is 4. The van der Waals surface area contributed by atoms with Gasteiger partial charge in [-0.3, -0.25) is 0 Å². The predicted molar refractivity (Wildman–Crippen MR) is 84.0 cm³/mol. The lowest BCUT2D eigenvalue weighted by atomic mass is 9.95. The van der Waals surface area contributed by atoms with Crippen LogP contribution in [0.25, 0.3) is 0 Å². The average Bonchev–Trinajstić information content (AvgIpc) is 2.59. The van der Waals surface area contributed by atoms with Crippen LogP contribution in [0.4, 0.5) is 31.1 Å². The molecule has 0 aromatic heterocycles. The number of carbonyl (C=O) groups is 1. The van der Waals surface area contributed by atoms with Gasteiger partial charge in [0.15, 0.2) is 5.92 Å². The van der Waals surface area contributed by atoms with Gasteiger partial charge >= 0.3 is 18.4 Å². The summed E-state index contributed by atoms with van der Waals surface area (Å²) in [6.07, 6.45) is -13.7.